The maximum atomic E-state index is 13.3. The molecular weight excluding hydrogens is 456 g/mol. The van der Waals surface area contributed by atoms with E-state index in [2.05, 4.69) is 11.1 Å². The Balaban J connectivity index is 1.36. The molecule has 2 aliphatic carbocycles. The molecule has 162 valence electrons. The molecule has 7 unspecified atom stereocenters. The number of thioether (sulfide) groups is 1. The Labute approximate surface area is 189 Å². The van der Waals surface area contributed by atoms with Gasteiger partial charge >= 0.3 is 10.8 Å². The van der Waals surface area contributed by atoms with Gasteiger partial charge in [0.15, 0.2) is 0 Å². The van der Waals surface area contributed by atoms with Crippen LogP contribution in [0.1, 0.15) is 34.9 Å². The van der Waals surface area contributed by atoms with Crippen molar-refractivity contribution >= 4 is 52.2 Å². The van der Waals surface area contributed by atoms with Crippen molar-refractivity contribution in [3.8, 4) is 0 Å². The second-order valence-electron chi connectivity index (χ2n) is 8.80. The lowest BCUT2D eigenvalue weighted by Gasteiger charge is -2.42. The number of carbonyl (C=O) groups excluding carboxylic acids is 2. The van der Waals surface area contributed by atoms with Crippen molar-refractivity contribution in [1.82, 2.24) is 9.88 Å². The zero-order chi connectivity index (χ0) is 21.4. The molecule has 4 aliphatic rings. The van der Waals surface area contributed by atoms with Crippen molar-refractivity contribution < 1.29 is 19.5 Å². The minimum absolute atomic E-state index is 0.0473. The van der Waals surface area contributed by atoms with Crippen LogP contribution in [-0.4, -0.2) is 44.6 Å². The average Bonchev–Trinajstić information content (AvgIpc) is 3.51. The molecule has 2 saturated carbocycles. The van der Waals surface area contributed by atoms with Crippen LogP contribution in [0.2, 0.25) is 0 Å². The Bertz CT molecular complexity index is 1140. The summed E-state index contributed by atoms with van der Waals surface area (Å²) in [4.78, 5) is 56.0. The number of thiophene rings is 1. The van der Waals surface area contributed by atoms with Crippen molar-refractivity contribution in [1.29, 1.82) is 0 Å². The first kappa shape index (κ1) is 19.8. The Morgan fingerprint density at radius 3 is 2.68 bits per heavy atom. The first-order valence-corrected chi connectivity index (χ1v) is 13.0. The fraction of sp³-hybridized carbons (Fsp3) is 0.524. The van der Waals surface area contributed by atoms with Crippen LogP contribution in [0.4, 0.5) is 0 Å². The summed E-state index contributed by atoms with van der Waals surface area (Å²) in [7, 11) is 0. The van der Waals surface area contributed by atoms with Crippen LogP contribution in [0.25, 0.3) is 0 Å². The summed E-state index contributed by atoms with van der Waals surface area (Å²) in [5.74, 6) is -1.21. The van der Waals surface area contributed by atoms with Crippen LogP contribution in [0.3, 0.4) is 0 Å². The zero-order valence-corrected chi connectivity index (χ0v) is 18.8. The highest BCUT2D eigenvalue weighted by Gasteiger charge is 2.69. The molecule has 7 atom stereocenters. The lowest BCUT2D eigenvalue weighted by atomic mass is 9.69. The number of rotatable bonds is 5. The van der Waals surface area contributed by atoms with E-state index < -0.39 is 5.97 Å². The van der Waals surface area contributed by atoms with Gasteiger partial charge in [-0.05, 0) is 42.0 Å². The van der Waals surface area contributed by atoms with Crippen molar-refractivity contribution in [2.45, 2.75) is 35.5 Å². The Hall–Kier alpha value is -1.91. The van der Waals surface area contributed by atoms with E-state index in [-0.39, 0.29) is 70.4 Å². The van der Waals surface area contributed by atoms with Gasteiger partial charge in [0, 0.05) is 33.9 Å². The second-order valence-corrected chi connectivity index (χ2v) is 12.0. The molecule has 0 aromatic carbocycles. The van der Waals surface area contributed by atoms with E-state index in [9.17, 15) is 19.2 Å². The van der Waals surface area contributed by atoms with Crippen LogP contribution in [0.15, 0.2) is 27.3 Å². The highest BCUT2D eigenvalue weighted by Crippen LogP contribution is 2.68. The van der Waals surface area contributed by atoms with Crippen molar-refractivity contribution in [2.24, 2.45) is 29.6 Å². The SMILES string of the molecule is O=C(O)CCCN1C(=O)C2C3CC(C2C1=O)C1C(c2cccs2)c2sc(=O)[nH]c2SC31. The molecule has 1 saturated heterocycles. The summed E-state index contributed by atoms with van der Waals surface area (Å²) in [6, 6.07) is 4.13. The minimum Gasteiger partial charge on any atom is -0.481 e. The highest BCUT2D eigenvalue weighted by atomic mass is 32.2. The molecule has 10 heteroatoms. The van der Waals surface area contributed by atoms with Gasteiger partial charge in [-0.2, -0.15) is 0 Å². The number of aromatic nitrogens is 1. The Morgan fingerprint density at radius 2 is 1.97 bits per heavy atom. The molecule has 2 amide bonds. The number of aliphatic carboxylic acids is 1. The van der Waals surface area contributed by atoms with Gasteiger partial charge < -0.3 is 10.1 Å². The van der Waals surface area contributed by atoms with E-state index in [1.165, 1.54) is 21.1 Å². The molecule has 2 aliphatic heterocycles. The van der Waals surface area contributed by atoms with Crippen molar-refractivity contribution in [3.63, 3.8) is 0 Å². The number of nitrogens with one attached hydrogen (secondary N) is 1. The molecule has 2 aromatic heterocycles. The number of carboxylic acids is 1. The monoisotopic (exact) mass is 476 g/mol. The van der Waals surface area contributed by atoms with Crippen LogP contribution < -0.4 is 4.87 Å². The molecule has 2 N–H and O–H groups in total. The van der Waals surface area contributed by atoms with E-state index in [1.807, 2.05) is 11.4 Å². The molecule has 2 bridgehead atoms. The number of H-pyrrole nitrogens is 1. The number of nitrogens with zero attached hydrogens (tertiary/aromatic N) is 1. The van der Waals surface area contributed by atoms with Crippen LogP contribution in [-0.2, 0) is 14.4 Å². The highest BCUT2D eigenvalue weighted by molar-refractivity contribution is 8.00. The standard InChI is InChI=1S/C21H20N2O5S3/c24-11(25)4-1-5-23-19(26)13-8-7-9(14(13)20(23)27)16-12(8)15(10-3-2-6-29-10)17-18(30-16)22-21(28)31-17/h2-3,6,8-9,12-16H,1,4-5,7H2,(H,22,28)(H,24,25). The predicted molar refractivity (Wildman–Crippen MR) is 116 cm³/mol. The van der Waals surface area contributed by atoms with Gasteiger partial charge in [-0.1, -0.05) is 17.4 Å². The number of aromatic amines is 1. The fourth-order valence-electron chi connectivity index (χ4n) is 6.47. The minimum atomic E-state index is -0.916. The lowest BCUT2D eigenvalue weighted by molar-refractivity contribution is -0.142. The summed E-state index contributed by atoms with van der Waals surface area (Å²) in [5.41, 5.74) is 0. The number of carbonyl (C=O) groups is 3. The second kappa shape index (κ2) is 7.05. The molecular formula is C21H20N2O5S3. The Kier molecular flexibility index (Phi) is 4.49. The number of fused-ring (bicyclic) bond motifs is 9. The fourth-order valence-corrected chi connectivity index (χ4v) is 10.3. The van der Waals surface area contributed by atoms with Crippen LogP contribution in [0.5, 0.6) is 0 Å². The number of likely N-dealkylation sites (tertiary alicyclic amines) is 1. The third-order valence-corrected chi connectivity index (χ3v) is 11.0. The third-order valence-electron chi connectivity index (χ3n) is 7.44. The van der Waals surface area contributed by atoms with Crippen molar-refractivity contribution in [2.75, 3.05) is 6.54 Å². The summed E-state index contributed by atoms with van der Waals surface area (Å²) >= 11 is 4.64. The van der Waals surface area contributed by atoms with E-state index in [1.54, 1.807) is 23.1 Å². The molecule has 6 rings (SSSR count). The third kappa shape index (κ3) is 2.77. The molecule has 2 aromatic rings. The molecule has 0 spiro atoms. The van der Waals surface area contributed by atoms with Gasteiger partial charge in [0.05, 0.1) is 16.9 Å². The molecule has 4 heterocycles. The number of hydrogen-bond donors (Lipinski definition) is 2. The van der Waals surface area contributed by atoms with Gasteiger partial charge in [-0.25, -0.2) is 0 Å². The average molecular weight is 477 g/mol. The van der Waals surface area contributed by atoms with Crippen LogP contribution >= 0.6 is 34.4 Å². The number of carboxylic acid groups (broad SMARTS) is 1. The summed E-state index contributed by atoms with van der Waals surface area (Å²) in [6.45, 7) is 0.188. The van der Waals surface area contributed by atoms with Gasteiger partial charge in [0.2, 0.25) is 11.8 Å². The Morgan fingerprint density at radius 1 is 1.19 bits per heavy atom. The maximum absolute atomic E-state index is 13.3. The topological polar surface area (TPSA) is 108 Å². The van der Waals surface area contributed by atoms with Crippen molar-refractivity contribution in [3.05, 3.63) is 36.9 Å². The van der Waals surface area contributed by atoms with E-state index >= 15 is 0 Å². The number of imide groups is 1. The summed E-state index contributed by atoms with van der Waals surface area (Å²) < 4.78 is 0. The largest absolute Gasteiger partial charge is 0.481 e. The summed E-state index contributed by atoms with van der Waals surface area (Å²) in [5, 5.41) is 12.1. The van der Waals surface area contributed by atoms with Gasteiger partial charge in [0.1, 0.15) is 0 Å². The predicted octanol–water partition coefficient (Wildman–Crippen LogP) is 2.84. The number of amides is 2. The van der Waals surface area contributed by atoms with Crippen LogP contribution in [0, 0.1) is 29.6 Å². The normalized spacial score (nSPS) is 35.4. The van der Waals surface area contributed by atoms with E-state index in [0.717, 1.165) is 16.3 Å². The molecule has 3 fully saturated rings. The maximum Gasteiger partial charge on any atom is 0.305 e. The lowest BCUT2D eigenvalue weighted by Crippen LogP contribution is -2.42. The molecule has 7 nitrogen and oxygen atoms in total. The van der Waals surface area contributed by atoms with E-state index in [0.29, 0.717) is 6.42 Å². The first-order chi connectivity index (χ1) is 15.0. The summed E-state index contributed by atoms with van der Waals surface area (Å²) in [6.07, 6.45) is 1.12. The molecule has 31 heavy (non-hydrogen) atoms. The smallest absolute Gasteiger partial charge is 0.305 e. The zero-order valence-electron chi connectivity index (χ0n) is 16.4. The van der Waals surface area contributed by atoms with E-state index in [4.69, 9.17) is 5.11 Å². The number of hydrogen-bond acceptors (Lipinski definition) is 7. The number of thiazole rings is 1. The van der Waals surface area contributed by atoms with Gasteiger partial charge in [-0.3, -0.25) is 24.1 Å². The van der Waals surface area contributed by atoms with Gasteiger partial charge in [-0.15, -0.1) is 23.1 Å². The van der Waals surface area contributed by atoms with Gasteiger partial charge in [0.25, 0.3) is 0 Å². The molecule has 0 radical (unpaired) electrons. The quantitative estimate of drug-likeness (QED) is 0.643. The first-order valence-electron chi connectivity index (χ1n) is 10.5.